The van der Waals surface area contributed by atoms with E-state index < -0.39 is 5.92 Å². The molecule has 0 aromatic heterocycles. The van der Waals surface area contributed by atoms with E-state index in [9.17, 15) is 10.1 Å². The van der Waals surface area contributed by atoms with Crippen LogP contribution in [0.4, 0.5) is 0 Å². The molecule has 134 valence electrons. The first kappa shape index (κ1) is 17.0. The molecule has 0 saturated heterocycles. The van der Waals surface area contributed by atoms with E-state index >= 15 is 0 Å². The normalized spacial score (nSPS) is 23.5. The molecule has 0 spiro atoms. The average molecular weight is 417 g/mol. The van der Waals surface area contributed by atoms with Crippen molar-refractivity contribution in [2.24, 2.45) is 11.1 Å². The lowest BCUT2D eigenvalue weighted by Crippen LogP contribution is -2.33. The molecule has 2 N–H and O–H groups in total. The summed E-state index contributed by atoms with van der Waals surface area (Å²) in [5.74, 6) is 1.18. The number of ketones is 1. The number of allylic oxidation sites excluding steroid dienone is 3. The lowest BCUT2D eigenvalue weighted by molar-refractivity contribution is -0.119. The summed E-state index contributed by atoms with van der Waals surface area (Å²) in [4.78, 5) is 13.0. The van der Waals surface area contributed by atoms with Crippen LogP contribution in [0.2, 0.25) is 0 Å². The third kappa shape index (κ3) is 2.48. The van der Waals surface area contributed by atoms with E-state index in [-0.39, 0.29) is 29.4 Å². The van der Waals surface area contributed by atoms with Gasteiger partial charge in [0.1, 0.15) is 17.4 Å². The van der Waals surface area contributed by atoms with Gasteiger partial charge in [-0.05, 0) is 33.0 Å². The van der Waals surface area contributed by atoms with Crippen molar-refractivity contribution >= 4 is 21.7 Å². The van der Waals surface area contributed by atoms with Crippen LogP contribution in [0.25, 0.3) is 0 Å². The van der Waals surface area contributed by atoms with Gasteiger partial charge in [0.25, 0.3) is 0 Å². The SMILES string of the molecule is CC1(C)CC(=O)C2=C(C1)OC(N)=C(C#N)[C@@H]2c1ccc2c(c1Br)OCO2. The third-order valence-electron chi connectivity index (χ3n) is 4.90. The van der Waals surface area contributed by atoms with Crippen LogP contribution in [0.3, 0.4) is 0 Å². The first-order valence-electron chi connectivity index (χ1n) is 8.24. The largest absolute Gasteiger partial charge is 0.454 e. The van der Waals surface area contributed by atoms with Gasteiger partial charge in [0, 0.05) is 18.4 Å². The Morgan fingerprint density at radius 3 is 2.81 bits per heavy atom. The maximum atomic E-state index is 13.0. The van der Waals surface area contributed by atoms with E-state index in [1.165, 1.54) is 0 Å². The summed E-state index contributed by atoms with van der Waals surface area (Å²) >= 11 is 3.55. The summed E-state index contributed by atoms with van der Waals surface area (Å²) in [5.41, 5.74) is 7.30. The van der Waals surface area contributed by atoms with Crippen LogP contribution in [-0.4, -0.2) is 12.6 Å². The first-order chi connectivity index (χ1) is 12.3. The minimum Gasteiger partial charge on any atom is -0.454 e. The molecule has 0 saturated carbocycles. The number of nitrogens with zero attached hydrogens (tertiary/aromatic N) is 1. The first-order valence-corrected chi connectivity index (χ1v) is 9.03. The van der Waals surface area contributed by atoms with Gasteiger partial charge in [-0.25, -0.2) is 0 Å². The highest BCUT2D eigenvalue weighted by Gasteiger charge is 2.44. The predicted octanol–water partition coefficient (Wildman–Crippen LogP) is 3.63. The van der Waals surface area contributed by atoms with Crippen molar-refractivity contribution in [2.75, 3.05) is 6.79 Å². The highest BCUT2D eigenvalue weighted by molar-refractivity contribution is 9.10. The van der Waals surface area contributed by atoms with Crippen molar-refractivity contribution in [1.82, 2.24) is 0 Å². The molecule has 0 radical (unpaired) electrons. The summed E-state index contributed by atoms with van der Waals surface area (Å²) < 4.78 is 17.3. The lowest BCUT2D eigenvalue weighted by Gasteiger charge is -2.37. The smallest absolute Gasteiger partial charge is 0.231 e. The van der Waals surface area contributed by atoms with Crippen LogP contribution in [0.1, 0.15) is 38.2 Å². The molecule has 26 heavy (non-hydrogen) atoms. The Kier molecular flexibility index (Phi) is 3.77. The zero-order chi connectivity index (χ0) is 18.6. The van der Waals surface area contributed by atoms with Crippen LogP contribution < -0.4 is 15.2 Å². The number of nitrogens with two attached hydrogens (primary N) is 1. The number of nitriles is 1. The number of fused-ring (bicyclic) bond motifs is 1. The fourth-order valence-electron chi connectivity index (χ4n) is 3.77. The van der Waals surface area contributed by atoms with Crippen LogP contribution >= 0.6 is 15.9 Å². The zero-order valence-electron chi connectivity index (χ0n) is 14.4. The number of hydrogen-bond donors (Lipinski definition) is 1. The fraction of sp³-hybridized carbons (Fsp3) is 0.368. The van der Waals surface area contributed by atoms with Gasteiger partial charge >= 0.3 is 0 Å². The summed E-state index contributed by atoms with van der Waals surface area (Å²) in [6.45, 7) is 4.17. The molecule has 0 unspecified atom stereocenters. The summed E-state index contributed by atoms with van der Waals surface area (Å²) in [6.07, 6.45) is 0.985. The van der Waals surface area contributed by atoms with E-state index in [1.54, 1.807) is 6.07 Å². The quantitative estimate of drug-likeness (QED) is 0.750. The Morgan fingerprint density at radius 1 is 1.31 bits per heavy atom. The summed E-state index contributed by atoms with van der Waals surface area (Å²) in [5, 5.41) is 9.68. The highest BCUT2D eigenvalue weighted by atomic mass is 79.9. The monoisotopic (exact) mass is 416 g/mol. The second kappa shape index (κ2) is 5.78. The standard InChI is InChI=1S/C19H17BrN2O4/c1-19(2)5-11(23)15-13(6-19)26-18(22)10(7-21)14(15)9-3-4-12-17(16(9)20)25-8-24-12/h3-4,14H,5-6,8,22H2,1-2H3/t14-/m0/s1. The Labute approximate surface area is 159 Å². The van der Waals surface area contributed by atoms with Crippen molar-refractivity contribution < 1.29 is 19.0 Å². The van der Waals surface area contributed by atoms with Crippen LogP contribution in [-0.2, 0) is 9.53 Å². The number of hydrogen-bond acceptors (Lipinski definition) is 6. The van der Waals surface area contributed by atoms with E-state index in [1.807, 2.05) is 19.9 Å². The molecule has 1 aromatic rings. The predicted molar refractivity (Wildman–Crippen MR) is 96.0 cm³/mol. The van der Waals surface area contributed by atoms with Gasteiger partial charge < -0.3 is 19.9 Å². The molecule has 6 nitrogen and oxygen atoms in total. The second-order valence-corrected chi connectivity index (χ2v) is 8.20. The molecule has 7 heteroatoms. The second-order valence-electron chi connectivity index (χ2n) is 7.41. The van der Waals surface area contributed by atoms with Crippen molar-refractivity contribution in [3.63, 3.8) is 0 Å². The number of carbonyl (C=O) groups is 1. The molecule has 1 aromatic carbocycles. The zero-order valence-corrected chi connectivity index (χ0v) is 16.0. The van der Waals surface area contributed by atoms with Crippen LogP contribution in [0, 0.1) is 16.7 Å². The van der Waals surface area contributed by atoms with Crippen molar-refractivity contribution in [1.29, 1.82) is 5.26 Å². The Balaban J connectivity index is 1.92. The molecule has 2 heterocycles. The van der Waals surface area contributed by atoms with Gasteiger partial charge in [-0.2, -0.15) is 5.26 Å². The van der Waals surface area contributed by atoms with Crippen LogP contribution in [0.5, 0.6) is 11.5 Å². The topological polar surface area (TPSA) is 94.6 Å². The van der Waals surface area contributed by atoms with Crippen molar-refractivity contribution in [3.05, 3.63) is 45.0 Å². The van der Waals surface area contributed by atoms with Gasteiger partial charge in [0.15, 0.2) is 17.3 Å². The number of Topliss-reactive ketones (excluding diaryl/α,β-unsaturated/α-hetero) is 1. The number of ether oxygens (including phenoxy) is 3. The Bertz CT molecular complexity index is 940. The van der Waals surface area contributed by atoms with Gasteiger partial charge in [-0.15, -0.1) is 0 Å². The lowest BCUT2D eigenvalue weighted by atomic mass is 9.70. The molecular weight excluding hydrogens is 400 g/mol. The summed E-state index contributed by atoms with van der Waals surface area (Å²) in [6, 6.07) is 5.73. The number of carbonyl (C=O) groups excluding carboxylic acids is 1. The van der Waals surface area contributed by atoms with Crippen molar-refractivity contribution in [2.45, 2.75) is 32.6 Å². The fourth-order valence-corrected chi connectivity index (χ4v) is 4.44. The number of benzene rings is 1. The molecule has 2 aliphatic heterocycles. The van der Waals surface area contributed by atoms with Crippen LogP contribution in [0.15, 0.2) is 39.4 Å². The highest BCUT2D eigenvalue weighted by Crippen LogP contribution is 2.51. The average Bonchev–Trinajstić information content (AvgIpc) is 3.02. The molecule has 0 amide bonds. The Morgan fingerprint density at radius 2 is 2.08 bits per heavy atom. The third-order valence-corrected chi connectivity index (χ3v) is 5.71. The molecule has 3 aliphatic rings. The van der Waals surface area contributed by atoms with E-state index in [2.05, 4.69) is 22.0 Å². The molecule has 1 atom stereocenters. The number of rotatable bonds is 1. The van der Waals surface area contributed by atoms with E-state index in [0.717, 1.165) is 5.56 Å². The van der Waals surface area contributed by atoms with Crippen molar-refractivity contribution in [3.8, 4) is 17.6 Å². The molecule has 1 aliphatic carbocycles. The Hall–Kier alpha value is -2.46. The maximum Gasteiger partial charge on any atom is 0.231 e. The number of halogens is 1. The molecule has 0 bridgehead atoms. The minimum absolute atomic E-state index is 0.0222. The molecule has 0 fully saturated rings. The van der Waals surface area contributed by atoms with E-state index in [4.69, 9.17) is 19.9 Å². The van der Waals surface area contributed by atoms with Gasteiger partial charge in [-0.3, -0.25) is 4.79 Å². The molecule has 4 rings (SSSR count). The van der Waals surface area contributed by atoms with Gasteiger partial charge in [-0.1, -0.05) is 19.9 Å². The van der Waals surface area contributed by atoms with E-state index in [0.29, 0.717) is 40.1 Å². The van der Waals surface area contributed by atoms with Gasteiger partial charge in [0.05, 0.1) is 10.4 Å². The summed E-state index contributed by atoms with van der Waals surface area (Å²) in [7, 11) is 0. The maximum absolute atomic E-state index is 13.0. The minimum atomic E-state index is -0.587. The van der Waals surface area contributed by atoms with Gasteiger partial charge in [0.2, 0.25) is 12.7 Å². The molecular formula is C19H17BrN2O4.